The smallest absolute Gasteiger partial charge is 0.326 e. The molecule has 1 saturated carbocycles. The zero-order valence-corrected chi connectivity index (χ0v) is 12.7. The number of carbonyl (C=O) groups excluding carboxylic acids is 1. The van der Waals surface area contributed by atoms with E-state index in [9.17, 15) is 14.7 Å². The van der Waals surface area contributed by atoms with Crippen molar-refractivity contribution >= 4 is 11.9 Å². The van der Waals surface area contributed by atoms with Crippen molar-refractivity contribution in [3.05, 3.63) is 35.9 Å². The molecule has 4 nitrogen and oxygen atoms in total. The molecular formula is C19H27NO3. The maximum absolute atomic E-state index is 13.4. The molecule has 1 amide bonds. The van der Waals surface area contributed by atoms with Crippen molar-refractivity contribution in [1.82, 2.24) is 5.32 Å². The Morgan fingerprint density at radius 3 is 2.48 bits per heavy atom. The summed E-state index contributed by atoms with van der Waals surface area (Å²) in [6, 6.07) is 2.60. The average Bonchev–Trinajstić information content (AvgIpc) is 2.76. The number of aliphatic carboxylic acids is 1. The van der Waals surface area contributed by atoms with Crippen LogP contribution in [0.15, 0.2) is 30.3 Å². The molecule has 1 aliphatic rings. The van der Waals surface area contributed by atoms with Crippen molar-refractivity contribution < 1.29 is 32.5 Å². The highest BCUT2D eigenvalue weighted by Crippen LogP contribution is 2.33. The Balaban J connectivity index is 2.81. The molecule has 0 heterocycles. The fourth-order valence-electron chi connectivity index (χ4n) is 1.70. The van der Waals surface area contributed by atoms with E-state index in [4.69, 9.17) is 17.8 Å². The van der Waals surface area contributed by atoms with Crippen LogP contribution in [0.3, 0.4) is 0 Å². The van der Waals surface area contributed by atoms with Crippen LogP contribution in [0, 0.1) is 17.7 Å². The van der Waals surface area contributed by atoms with Crippen LogP contribution >= 0.6 is 0 Å². The summed E-state index contributed by atoms with van der Waals surface area (Å²) in [6.45, 7) is 2.30. The lowest BCUT2D eigenvalue weighted by molar-refractivity contribution is -0.142. The van der Waals surface area contributed by atoms with Gasteiger partial charge >= 0.3 is 5.97 Å². The molecule has 1 atom stereocenters. The molecule has 1 aliphatic carbocycles. The van der Waals surface area contributed by atoms with Crippen molar-refractivity contribution in [3.63, 3.8) is 0 Å². The molecule has 1 aromatic rings. The Morgan fingerprint density at radius 2 is 1.96 bits per heavy atom. The number of rotatable bonds is 6. The summed E-state index contributed by atoms with van der Waals surface area (Å²) >= 11 is 0. The van der Waals surface area contributed by atoms with E-state index in [1.807, 2.05) is 0 Å². The van der Waals surface area contributed by atoms with Crippen LogP contribution in [0.4, 0.5) is 0 Å². The van der Waals surface area contributed by atoms with Crippen LogP contribution in [-0.4, -0.2) is 23.0 Å². The molecule has 0 saturated heterocycles. The van der Waals surface area contributed by atoms with Crippen LogP contribution in [-0.2, 0) is 16.0 Å². The van der Waals surface area contributed by atoms with E-state index < -0.39 is 73.0 Å². The Morgan fingerprint density at radius 1 is 1.35 bits per heavy atom. The van der Waals surface area contributed by atoms with Gasteiger partial charge in [0.2, 0.25) is 5.91 Å². The first-order valence-corrected chi connectivity index (χ1v) is 6.99. The van der Waals surface area contributed by atoms with Gasteiger partial charge in [-0.2, -0.15) is 0 Å². The molecule has 4 heteroatoms. The minimum absolute atomic E-state index is 0.410. The van der Waals surface area contributed by atoms with E-state index in [2.05, 4.69) is 0 Å². The monoisotopic (exact) mass is 330 g/mol. The summed E-state index contributed by atoms with van der Waals surface area (Å²) in [5, 5.41) is 11.1. The quantitative estimate of drug-likeness (QED) is 0.841. The molecule has 0 aromatic heterocycles. The van der Waals surface area contributed by atoms with Crippen molar-refractivity contribution in [2.45, 2.75) is 51.7 Å². The normalized spacial score (nSPS) is 48.0. The second kappa shape index (κ2) is 8.14. The number of nitrogens with one attached hydrogen (secondary N) is 1. The van der Waals surface area contributed by atoms with Crippen LogP contribution in [0.1, 0.15) is 62.7 Å². The van der Waals surface area contributed by atoms with Crippen LogP contribution in [0.5, 0.6) is 0 Å². The minimum Gasteiger partial charge on any atom is -0.480 e. The van der Waals surface area contributed by atoms with E-state index in [-0.39, 0.29) is 0 Å². The standard InChI is InChI=1S/C19H27NO3/c1-13(2)15-8-10-16(11-9-15)18(21)20-17(19(22)23)12-14-6-4-3-5-7-14/h3-7,13,15-17H,8-12H2,1-2H3,(H,20,21)(H,22,23)/t15?,16?,17-/m0/s1/i8D2,9D2,10D2,11D2,12D2,15D,16D,17D. The highest BCUT2D eigenvalue weighted by atomic mass is 16.4. The third-order valence-electron chi connectivity index (χ3n) is 2.94. The Hall–Kier alpha value is -1.84. The predicted molar refractivity (Wildman–Crippen MR) is 90.0 cm³/mol. The Kier molecular flexibility index (Phi) is 2.46. The van der Waals surface area contributed by atoms with E-state index in [1.54, 1.807) is 0 Å². The Labute approximate surface area is 156 Å². The van der Waals surface area contributed by atoms with Gasteiger partial charge in [0.1, 0.15) is 6.02 Å². The van der Waals surface area contributed by atoms with Crippen molar-refractivity contribution in [2.24, 2.45) is 17.7 Å². The van der Waals surface area contributed by atoms with E-state index in [0.717, 1.165) is 26.0 Å². The maximum Gasteiger partial charge on any atom is 0.326 e. The molecule has 1 fully saturated rings. The van der Waals surface area contributed by atoms with Gasteiger partial charge in [0.05, 0.1) is 1.37 Å². The molecule has 1 aromatic carbocycles. The van der Waals surface area contributed by atoms with Gasteiger partial charge in [0.15, 0.2) is 0 Å². The summed E-state index contributed by atoms with van der Waals surface area (Å²) in [5.41, 5.74) is -0.410. The fraction of sp³-hybridized carbons (Fsp3) is 0.579. The lowest BCUT2D eigenvalue weighted by atomic mass is 9.76. The number of amides is 1. The molecule has 0 spiro atoms. The zero-order valence-electron chi connectivity index (χ0n) is 25.7. The molecule has 0 bridgehead atoms. The van der Waals surface area contributed by atoms with Crippen molar-refractivity contribution in [1.29, 1.82) is 0 Å². The highest BCUT2D eigenvalue weighted by molar-refractivity contribution is 5.85. The molecular weight excluding hydrogens is 290 g/mol. The zero-order chi connectivity index (χ0) is 28.6. The number of hydrogen-bond donors (Lipinski definition) is 2. The summed E-state index contributed by atoms with van der Waals surface area (Å²) in [6.07, 6.45) is -18.6. The summed E-state index contributed by atoms with van der Waals surface area (Å²) < 4.78 is 109. The van der Waals surface area contributed by atoms with Gasteiger partial charge in [-0.25, -0.2) is 4.79 Å². The molecule has 0 radical (unpaired) electrons. The second-order valence-corrected chi connectivity index (χ2v) is 5.07. The third-order valence-corrected chi connectivity index (χ3v) is 2.94. The van der Waals surface area contributed by atoms with E-state index in [1.165, 1.54) is 23.5 Å². The van der Waals surface area contributed by atoms with Crippen LogP contribution in [0.2, 0.25) is 0 Å². The number of hydrogen-bond acceptors (Lipinski definition) is 2. The average molecular weight is 331 g/mol. The predicted octanol–water partition coefficient (Wildman–Crippen LogP) is 3.26. The third kappa shape index (κ3) is 5.08. The van der Waals surface area contributed by atoms with Crippen LogP contribution in [0.25, 0.3) is 0 Å². The molecule has 0 aliphatic heterocycles. The summed E-state index contributed by atoms with van der Waals surface area (Å²) in [5.74, 6) is -13.2. The topological polar surface area (TPSA) is 66.4 Å². The summed E-state index contributed by atoms with van der Waals surface area (Å²) in [4.78, 5) is 25.4. The lowest BCUT2D eigenvalue weighted by Gasteiger charge is -2.30. The molecule has 126 valence electrons. The largest absolute Gasteiger partial charge is 0.480 e. The number of carboxylic acids is 1. The van der Waals surface area contributed by atoms with Crippen molar-refractivity contribution in [2.75, 3.05) is 0 Å². The fourth-order valence-corrected chi connectivity index (χ4v) is 1.70. The minimum atomic E-state index is -4.11. The number of carbonyl (C=O) groups is 2. The van der Waals surface area contributed by atoms with Gasteiger partial charge in [-0.1, -0.05) is 44.2 Å². The summed E-state index contributed by atoms with van der Waals surface area (Å²) in [7, 11) is 0. The van der Waals surface area contributed by atoms with Gasteiger partial charge in [0.25, 0.3) is 0 Å². The first-order chi connectivity index (χ1) is 15.9. The number of benzene rings is 1. The van der Waals surface area contributed by atoms with Crippen LogP contribution < -0.4 is 5.32 Å². The molecule has 0 unspecified atom stereocenters. The van der Waals surface area contributed by atoms with E-state index in [0.29, 0.717) is 0 Å². The SMILES string of the molecule is [2H]C1([2H])C([2H])([2H])C([2H])(C(C)C)C([2H])([2H])C([2H])([2H])C1([2H])C(=O)N[C@]([2H])(C(=O)O)C([2H])([2H])c1ccccc1. The lowest BCUT2D eigenvalue weighted by Crippen LogP contribution is -2.45. The van der Waals surface area contributed by atoms with Gasteiger partial charge in [-0.05, 0) is 42.9 Å². The second-order valence-electron chi connectivity index (χ2n) is 5.07. The highest BCUT2D eigenvalue weighted by Gasteiger charge is 2.30. The van der Waals surface area contributed by atoms with Gasteiger partial charge < -0.3 is 10.4 Å². The first kappa shape index (κ1) is 6.96. The van der Waals surface area contributed by atoms with Crippen molar-refractivity contribution in [3.8, 4) is 0 Å². The van der Waals surface area contributed by atoms with Gasteiger partial charge in [-0.15, -0.1) is 0 Å². The molecule has 23 heavy (non-hydrogen) atoms. The Bertz CT molecular complexity index is 1020. The number of carboxylic acid groups (broad SMARTS) is 1. The molecule has 2 N–H and O–H groups in total. The maximum atomic E-state index is 13.4. The molecule has 2 rings (SSSR count). The van der Waals surface area contributed by atoms with Gasteiger partial charge in [0, 0.05) is 28.7 Å². The van der Waals surface area contributed by atoms with Gasteiger partial charge in [-0.3, -0.25) is 4.79 Å². The van der Waals surface area contributed by atoms with E-state index >= 15 is 0 Å². The first-order valence-electron chi connectivity index (χ1n) is 13.5.